The van der Waals surface area contributed by atoms with Gasteiger partial charge in [0.25, 0.3) is 5.91 Å². The van der Waals surface area contributed by atoms with Gasteiger partial charge in [-0.3, -0.25) is 9.78 Å². The monoisotopic (exact) mass is 229 g/mol. The van der Waals surface area contributed by atoms with E-state index >= 15 is 0 Å². The van der Waals surface area contributed by atoms with E-state index in [2.05, 4.69) is 15.3 Å². The van der Waals surface area contributed by atoms with Gasteiger partial charge in [-0.15, -0.1) is 0 Å². The van der Waals surface area contributed by atoms with Crippen LogP contribution in [0.4, 0.5) is 0 Å². The molecule has 0 spiro atoms. The van der Waals surface area contributed by atoms with Crippen LogP contribution in [0, 0.1) is 0 Å². The molecule has 0 radical (unpaired) electrons. The zero-order chi connectivity index (χ0) is 12.1. The van der Waals surface area contributed by atoms with Gasteiger partial charge in [0.15, 0.2) is 5.69 Å². The molecule has 2 N–H and O–H groups in total. The van der Waals surface area contributed by atoms with Crippen LogP contribution in [0.1, 0.15) is 16.1 Å². The number of aromatic hydroxyl groups is 1. The van der Waals surface area contributed by atoms with E-state index in [1.807, 2.05) is 0 Å². The smallest absolute Gasteiger partial charge is 0.273 e. The average molecular weight is 229 g/mol. The number of aromatic nitrogens is 2. The lowest BCUT2D eigenvalue weighted by Gasteiger charge is -2.05. The number of pyridine rings is 2. The summed E-state index contributed by atoms with van der Waals surface area (Å²) in [5.41, 5.74) is 0.963. The fraction of sp³-hybridized carbons (Fsp3) is 0.0833. The normalized spacial score (nSPS) is 9.88. The first-order valence-corrected chi connectivity index (χ1v) is 5.08. The van der Waals surface area contributed by atoms with Crippen LogP contribution in [0.25, 0.3) is 0 Å². The second-order valence-electron chi connectivity index (χ2n) is 3.41. The molecule has 0 aromatic carbocycles. The third-order valence-corrected chi connectivity index (χ3v) is 2.20. The van der Waals surface area contributed by atoms with E-state index in [-0.39, 0.29) is 11.4 Å². The largest absolute Gasteiger partial charge is 0.505 e. The number of hydrogen-bond donors (Lipinski definition) is 2. The number of amides is 1. The van der Waals surface area contributed by atoms with Crippen molar-refractivity contribution in [3.63, 3.8) is 0 Å². The van der Waals surface area contributed by atoms with Crippen molar-refractivity contribution >= 4 is 5.91 Å². The maximum absolute atomic E-state index is 11.7. The molecule has 5 nitrogen and oxygen atoms in total. The number of nitrogens with zero attached hydrogens (tertiary/aromatic N) is 2. The van der Waals surface area contributed by atoms with Crippen LogP contribution in [0.15, 0.2) is 42.9 Å². The summed E-state index contributed by atoms with van der Waals surface area (Å²) in [5, 5.41) is 12.1. The molecular weight excluding hydrogens is 218 g/mol. The van der Waals surface area contributed by atoms with E-state index in [9.17, 15) is 9.90 Å². The summed E-state index contributed by atoms with van der Waals surface area (Å²) in [7, 11) is 0. The van der Waals surface area contributed by atoms with Gasteiger partial charge in [0.05, 0.1) is 0 Å². The topological polar surface area (TPSA) is 75.1 Å². The Hall–Kier alpha value is -2.43. The first kappa shape index (κ1) is 11.1. The molecule has 0 aliphatic rings. The number of carbonyl (C=O) groups is 1. The Morgan fingerprint density at radius 3 is 2.71 bits per heavy atom. The second kappa shape index (κ2) is 5.07. The minimum atomic E-state index is -0.403. The summed E-state index contributed by atoms with van der Waals surface area (Å²) < 4.78 is 0. The molecule has 2 aromatic heterocycles. The summed E-state index contributed by atoms with van der Waals surface area (Å²) in [5.74, 6) is -0.528. The van der Waals surface area contributed by atoms with Crippen molar-refractivity contribution < 1.29 is 9.90 Å². The molecule has 5 heteroatoms. The van der Waals surface area contributed by atoms with Crippen molar-refractivity contribution in [3.05, 3.63) is 54.1 Å². The van der Waals surface area contributed by atoms with Crippen LogP contribution in [-0.4, -0.2) is 21.0 Å². The lowest BCUT2D eigenvalue weighted by atomic mass is 10.2. The Balaban J connectivity index is 2.01. The van der Waals surface area contributed by atoms with Crippen molar-refractivity contribution in [1.29, 1.82) is 0 Å². The molecule has 17 heavy (non-hydrogen) atoms. The van der Waals surface area contributed by atoms with Gasteiger partial charge >= 0.3 is 0 Å². The van der Waals surface area contributed by atoms with Gasteiger partial charge in [-0.2, -0.15) is 0 Å². The van der Waals surface area contributed by atoms with Gasteiger partial charge in [0.1, 0.15) is 5.75 Å². The quantitative estimate of drug-likeness (QED) is 0.826. The highest BCUT2D eigenvalue weighted by molar-refractivity contribution is 5.94. The Kier molecular flexibility index (Phi) is 3.30. The molecule has 0 saturated carbocycles. The minimum absolute atomic E-state index is 0.0292. The van der Waals surface area contributed by atoms with Gasteiger partial charge in [-0.25, -0.2) is 4.98 Å². The Bertz CT molecular complexity index is 514. The molecule has 2 heterocycles. The van der Waals surface area contributed by atoms with Gasteiger partial charge in [-0.1, -0.05) is 0 Å². The Morgan fingerprint density at radius 1 is 1.24 bits per heavy atom. The number of carbonyl (C=O) groups excluding carboxylic acids is 1. The van der Waals surface area contributed by atoms with E-state index in [4.69, 9.17) is 0 Å². The van der Waals surface area contributed by atoms with Crippen LogP contribution < -0.4 is 5.32 Å². The van der Waals surface area contributed by atoms with Crippen LogP contribution in [0.5, 0.6) is 5.75 Å². The van der Waals surface area contributed by atoms with E-state index in [0.29, 0.717) is 6.54 Å². The zero-order valence-electron chi connectivity index (χ0n) is 9.00. The highest BCUT2D eigenvalue weighted by Gasteiger charge is 2.11. The highest BCUT2D eigenvalue weighted by Crippen LogP contribution is 2.12. The number of rotatable bonds is 3. The molecule has 86 valence electrons. The molecule has 0 bridgehead atoms. The van der Waals surface area contributed by atoms with Crippen LogP contribution in [-0.2, 0) is 6.54 Å². The first-order chi connectivity index (χ1) is 8.27. The standard InChI is InChI=1S/C12H11N3O2/c16-10-2-1-5-14-11(10)12(17)15-8-9-3-6-13-7-4-9/h1-7,16H,8H2,(H,15,17). The van der Waals surface area contributed by atoms with Gasteiger partial charge in [0.2, 0.25) is 0 Å². The third-order valence-electron chi connectivity index (χ3n) is 2.20. The van der Waals surface area contributed by atoms with Gasteiger partial charge in [-0.05, 0) is 29.8 Å². The SMILES string of the molecule is O=C(NCc1ccncc1)c1ncccc1O. The Labute approximate surface area is 98.2 Å². The van der Waals surface area contributed by atoms with Gasteiger partial charge < -0.3 is 10.4 Å². The zero-order valence-corrected chi connectivity index (χ0v) is 9.00. The van der Waals surface area contributed by atoms with E-state index in [1.165, 1.54) is 12.3 Å². The highest BCUT2D eigenvalue weighted by atomic mass is 16.3. The van der Waals surface area contributed by atoms with E-state index in [0.717, 1.165) is 5.56 Å². The maximum atomic E-state index is 11.7. The molecule has 0 saturated heterocycles. The molecule has 0 atom stereocenters. The second-order valence-corrected chi connectivity index (χ2v) is 3.41. The summed E-state index contributed by atoms with van der Waals surface area (Å²) in [6.45, 7) is 0.372. The van der Waals surface area contributed by atoms with Crippen LogP contribution in [0.3, 0.4) is 0 Å². The summed E-state index contributed by atoms with van der Waals surface area (Å²) in [6, 6.07) is 6.60. The predicted octanol–water partition coefficient (Wildman–Crippen LogP) is 1.11. The van der Waals surface area contributed by atoms with Gasteiger partial charge in [0, 0.05) is 25.1 Å². The van der Waals surface area contributed by atoms with Crippen molar-refractivity contribution in [2.45, 2.75) is 6.54 Å². The molecular formula is C12H11N3O2. The lowest BCUT2D eigenvalue weighted by Crippen LogP contribution is -2.23. The minimum Gasteiger partial charge on any atom is -0.505 e. The third kappa shape index (κ3) is 2.78. The molecule has 0 fully saturated rings. The summed E-state index contributed by atoms with van der Waals surface area (Å²) in [4.78, 5) is 19.4. The predicted molar refractivity (Wildman–Crippen MR) is 61.3 cm³/mol. The molecule has 0 unspecified atom stereocenters. The fourth-order valence-electron chi connectivity index (χ4n) is 1.34. The van der Waals surface area contributed by atoms with Crippen molar-refractivity contribution in [2.24, 2.45) is 0 Å². The van der Waals surface area contributed by atoms with Crippen molar-refractivity contribution in [3.8, 4) is 5.75 Å². The molecule has 2 rings (SSSR count). The lowest BCUT2D eigenvalue weighted by molar-refractivity contribution is 0.0943. The van der Waals surface area contributed by atoms with Crippen LogP contribution in [0.2, 0.25) is 0 Å². The Morgan fingerprint density at radius 2 is 2.00 bits per heavy atom. The first-order valence-electron chi connectivity index (χ1n) is 5.08. The fourth-order valence-corrected chi connectivity index (χ4v) is 1.34. The van der Waals surface area contributed by atoms with E-state index in [1.54, 1.807) is 30.6 Å². The summed E-state index contributed by atoms with van der Waals surface area (Å²) in [6.07, 6.45) is 4.76. The number of hydrogen-bond acceptors (Lipinski definition) is 4. The summed E-state index contributed by atoms with van der Waals surface area (Å²) >= 11 is 0. The molecule has 1 amide bonds. The van der Waals surface area contributed by atoms with Crippen LogP contribution >= 0.6 is 0 Å². The average Bonchev–Trinajstić information content (AvgIpc) is 2.38. The van der Waals surface area contributed by atoms with E-state index < -0.39 is 5.91 Å². The molecule has 2 aromatic rings. The molecule has 0 aliphatic carbocycles. The maximum Gasteiger partial charge on any atom is 0.273 e. The molecule has 0 aliphatic heterocycles. The van der Waals surface area contributed by atoms with Crippen molar-refractivity contribution in [1.82, 2.24) is 15.3 Å². The number of nitrogens with one attached hydrogen (secondary N) is 1. The van der Waals surface area contributed by atoms with Crippen molar-refractivity contribution in [2.75, 3.05) is 0 Å².